The summed E-state index contributed by atoms with van der Waals surface area (Å²) in [6, 6.07) is 0.124. The summed E-state index contributed by atoms with van der Waals surface area (Å²) < 4.78 is 1.66. The molecule has 0 bridgehead atoms. The van der Waals surface area contributed by atoms with Crippen LogP contribution in [0.25, 0.3) is 0 Å². The highest BCUT2D eigenvalue weighted by molar-refractivity contribution is 5.31. The second kappa shape index (κ2) is 6.70. The highest BCUT2D eigenvalue weighted by Gasteiger charge is 2.18. The van der Waals surface area contributed by atoms with E-state index in [0.717, 1.165) is 12.8 Å². The van der Waals surface area contributed by atoms with Crippen LogP contribution in [-0.4, -0.2) is 27.8 Å². The van der Waals surface area contributed by atoms with Crippen LogP contribution in [-0.2, 0) is 0 Å². The van der Waals surface area contributed by atoms with Gasteiger partial charge >= 0.3 is 0 Å². The minimum atomic E-state index is -0.0875. The van der Waals surface area contributed by atoms with Crippen molar-refractivity contribution in [2.24, 2.45) is 5.41 Å². The van der Waals surface area contributed by atoms with Crippen LogP contribution in [0.5, 0.6) is 0 Å². The normalized spacial score (nSPS) is 11.9. The van der Waals surface area contributed by atoms with Crippen molar-refractivity contribution >= 4 is 5.82 Å². The van der Waals surface area contributed by atoms with Crippen molar-refractivity contribution in [3.05, 3.63) is 22.7 Å². The molecule has 0 saturated heterocycles. The van der Waals surface area contributed by atoms with Crippen LogP contribution in [0.1, 0.15) is 46.6 Å². The molecule has 1 rings (SSSR count). The summed E-state index contributed by atoms with van der Waals surface area (Å²) in [6.07, 6.45) is 5.02. The fourth-order valence-electron chi connectivity index (χ4n) is 1.92. The Morgan fingerprint density at radius 1 is 1.47 bits per heavy atom. The number of hydrogen-bond donors (Lipinski definition) is 2. The fourth-order valence-corrected chi connectivity index (χ4v) is 1.92. The number of rotatable bonds is 7. The Morgan fingerprint density at radius 3 is 2.74 bits per heavy atom. The Kier molecular flexibility index (Phi) is 5.54. The van der Waals surface area contributed by atoms with Gasteiger partial charge in [0.1, 0.15) is 0 Å². The van der Waals surface area contributed by atoms with Crippen LogP contribution in [0.4, 0.5) is 5.82 Å². The van der Waals surface area contributed by atoms with Gasteiger partial charge in [0.2, 0.25) is 0 Å². The molecule has 0 aliphatic carbocycles. The van der Waals surface area contributed by atoms with E-state index in [1.165, 1.54) is 0 Å². The summed E-state index contributed by atoms with van der Waals surface area (Å²) in [5.74, 6) is 0.397. The van der Waals surface area contributed by atoms with Crippen molar-refractivity contribution in [3.8, 4) is 0 Å². The van der Waals surface area contributed by atoms with E-state index >= 15 is 0 Å². The third-order valence-electron chi connectivity index (χ3n) is 3.17. The molecule has 108 valence electrons. The van der Waals surface area contributed by atoms with Crippen molar-refractivity contribution in [2.75, 3.05) is 18.5 Å². The largest absolute Gasteiger partial charge is 0.396 e. The van der Waals surface area contributed by atoms with Crippen molar-refractivity contribution in [3.63, 3.8) is 0 Å². The van der Waals surface area contributed by atoms with Crippen LogP contribution in [0.15, 0.2) is 17.2 Å². The van der Waals surface area contributed by atoms with Gasteiger partial charge in [0, 0.05) is 31.6 Å². The number of aliphatic hydroxyl groups excluding tert-OH is 1. The lowest BCUT2D eigenvalue weighted by molar-refractivity contribution is 0.247. The molecule has 0 unspecified atom stereocenters. The molecule has 19 heavy (non-hydrogen) atoms. The summed E-state index contributed by atoms with van der Waals surface area (Å²) in [4.78, 5) is 16.3. The van der Waals surface area contributed by atoms with Gasteiger partial charge in [-0.3, -0.25) is 4.79 Å². The third kappa shape index (κ3) is 4.67. The standard InChI is InChI=1S/C14H25N3O2/c1-11(2)17-8-7-15-12(13(17)19)16-10-14(3,4)6-5-9-18/h7-8,11,18H,5-6,9-10H2,1-4H3,(H,15,16). The van der Waals surface area contributed by atoms with Gasteiger partial charge in [-0.2, -0.15) is 0 Å². The summed E-state index contributed by atoms with van der Waals surface area (Å²) >= 11 is 0. The molecule has 1 aromatic heterocycles. The van der Waals surface area contributed by atoms with Gasteiger partial charge in [-0.1, -0.05) is 13.8 Å². The predicted molar refractivity (Wildman–Crippen MR) is 77.5 cm³/mol. The molecular formula is C14H25N3O2. The third-order valence-corrected chi connectivity index (χ3v) is 3.17. The van der Waals surface area contributed by atoms with Crippen LogP contribution in [0.3, 0.4) is 0 Å². The first-order valence-electron chi connectivity index (χ1n) is 6.79. The maximum Gasteiger partial charge on any atom is 0.293 e. The molecule has 1 heterocycles. The van der Waals surface area contributed by atoms with Crippen molar-refractivity contribution < 1.29 is 5.11 Å². The van der Waals surface area contributed by atoms with E-state index in [-0.39, 0.29) is 23.6 Å². The SMILES string of the molecule is CC(C)n1ccnc(NCC(C)(C)CCCO)c1=O. The minimum absolute atomic E-state index is 0.0232. The number of aliphatic hydroxyl groups is 1. The minimum Gasteiger partial charge on any atom is -0.396 e. The first-order chi connectivity index (χ1) is 8.87. The molecule has 1 aromatic rings. The molecule has 2 N–H and O–H groups in total. The first kappa shape index (κ1) is 15.7. The summed E-state index contributed by atoms with van der Waals surface area (Å²) in [5, 5.41) is 12.0. The van der Waals surface area contributed by atoms with Crippen LogP contribution in [0, 0.1) is 5.41 Å². The van der Waals surface area contributed by atoms with Crippen LogP contribution < -0.4 is 10.9 Å². The Balaban J connectivity index is 2.73. The van der Waals surface area contributed by atoms with Gasteiger partial charge < -0.3 is 15.0 Å². The highest BCUT2D eigenvalue weighted by Crippen LogP contribution is 2.21. The summed E-state index contributed by atoms with van der Waals surface area (Å²) in [7, 11) is 0. The molecule has 0 spiro atoms. The molecule has 0 radical (unpaired) electrons. The van der Waals surface area contributed by atoms with E-state index in [1.807, 2.05) is 13.8 Å². The molecule has 0 aliphatic heterocycles. The van der Waals surface area contributed by atoms with E-state index in [9.17, 15) is 4.79 Å². The van der Waals surface area contributed by atoms with E-state index < -0.39 is 0 Å². The zero-order valence-corrected chi connectivity index (χ0v) is 12.3. The van der Waals surface area contributed by atoms with E-state index in [1.54, 1.807) is 17.0 Å². The number of aromatic nitrogens is 2. The summed E-state index contributed by atoms with van der Waals surface area (Å²) in [6.45, 7) is 9.02. The van der Waals surface area contributed by atoms with Crippen molar-refractivity contribution in [1.29, 1.82) is 0 Å². The molecule has 5 nitrogen and oxygen atoms in total. The number of nitrogens with one attached hydrogen (secondary N) is 1. The second-order valence-corrected chi connectivity index (χ2v) is 5.93. The maximum absolute atomic E-state index is 12.1. The van der Waals surface area contributed by atoms with E-state index in [0.29, 0.717) is 12.4 Å². The van der Waals surface area contributed by atoms with Gasteiger partial charge in [0.15, 0.2) is 5.82 Å². The van der Waals surface area contributed by atoms with Crippen LogP contribution >= 0.6 is 0 Å². The molecule has 0 amide bonds. The molecule has 0 aromatic carbocycles. The topological polar surface area (TPSA) is 67.2 Å². The Hall–Kier alpha value is -1.36. The molecule has 0 fully saturated rings. The lowest BCUT2D eigenvalue weighted by atomic mass is 9.88. The molecular weight excluding hydrogens is 242 g/mol. The Morgan fingerprint density at radius 2 is 2.16 bits per heavy atom. The van der Waals surface area contributed by atoms with E-state index in [4.69, 9.17) is 5.11 Å². The highest BCUT2D eigenvalue weighted by atomic mass is 16.2. The first-order valence-corrected chi connectivity index (χ1v) is 6.79. The molecule has 0 saturated carbocycles. The van der Waals surface area contributed by atoms with Gasteiger partial charge in [-0.15, -0.1) is 0 Å². The van der Waals surface area contributed by atoms with Gasteiger partial charge in [-0.25, -0.2) is 4.98 Å². The summed E-state index contributed by atoms with van der Waals surface area (Å²) in [5.41, 5.74) is -0.0644. The lowest BCUT2D eigenvalue weighted by Crippen LogP contribution is -2.30. The zero-order chi connectivity index (χ0) is 14.5. The van der Waals surface area contributed by atoms with Crippen LogP contribution in [0.2, 0.25) is 0 Å². The maximum atomic E-state index is 12.1. The monoisotopic (exact) mass is 267 g/mol. The predicted octanol–water partition coefficient (Wildman–Crippen LogP) is 2.03. The quantitative estimate of drug-likeness (QED) is 0.793. The lowest BCUT2D eigenvalue weighted by Gasteiger charge is -2.25. The molecule has 0 atom stereocenters. The average molecular weight is 267 g/mol. The Labute approximate surface area is 114 Å². The van der Waals surface area contributed by atoms with E-state index in [2.05, 4.69) is 24.1 Å². The second-order valence-electron chi connectivity index (χ2n) is 5.93. The fraction of sp³-hybridized carbons (Fsp3) is 0.714. The van der Waals surface area contributed by atoms with Crippen molar-refractivity contribution in [2.45, 2.75) is 46.6 Å². The van der Waals surface area contributed by atoms with Gasteiger partial charge in [0.25, 0.3) is 5.56 Å². The number of anilines is 1. The molecule has 5 heteroatoms. The van der Waals surface area contributed by atoms with Gasteiger partial charge in [0.05, 0.1) is 0 Å². The number of hydrogen-bond acceptors (Lipinski definition) is 4. The van der Waals surface area contributed by atoms with Crippen molar-refractivity contribution in [1.82, 2.24) is 9.55 Å². The Bertz CT molecular complexity index is 452. The molecule has 0 aliphatic rings. The smallest absolute Gasteiger partial charge is 0.293 e. The average Bonchev–Trinajstić information content (AvgIpc) is 2.35. The number of nitrogens with zero attached hydrogens (tertiary/aromatic N) is 2. The zero-order valence-electron chi connectivity index (χ0n) is 12.3. The van der Waals surface area contributed by atoms with Gasteiger partial charge in [-0.05, 0) is 32.1 Å².